The number of carboxylic acid groups (broad SMARTS) is 1. The van der Waals surface area contributed by atoms with Crippen molar-refractivity contribution < 1.29 is 32.3 Å². The van der Waals surface area contributed by atoms with E-state index in [1.165, 1.54) is 103 Å². The number of nitrogens with two attached hydrogens (primary N) is 1. The summed E-state index contributed by atoms with van der Waals surface area (Å²) in [5, 5.41) is 8.89. The summed E-state index contributed by atoms with van der Waals surface area (Å²) in [6, 6.07) is 0. The van der Waals surface area contributed by atoms with Gasteiger partial charge in [0, 0.05) is 5.97 Å². The molecule has 24 heavy (non-hydrogen) atoms. The van der Waals surface area contributed by atoms with Gasteiger partial charge in [0.25, 0.3) is 0 Å². The van der Waals surface area contributed by atoms with Gasteiger partial charge in [0.05, 0.1) is 0 Å². The van der Waals surface area contributed by atoms with Crippen LogP contribution < -0.4 is 10.8 Å². The van der Waals surface area contributed by atoms with Gasteiger partial charge in [-0.05, 0) is 19.9 Å². The maximum absolute atomic E-state index is 8.89. The van der Waals surface area contributed by atoms with Crippen LogP contribution in [0.15, 0.2) is 0 Å². The van der Waals surface area contributed by atoms with E-state index in [4.69, 9.17) is 15.6 Å². The molecule has 150 valence electrons. The molecule has 0 aromatic carbocycles. The summed E-state index contributed by atoms with van der Waals surface area (Å²) >= 11 is 0. The monoisotopic (exact) mass is 435 g/mol. The van der Waals surface area contributed by atoms with Crippen LogP contribution in [0.3, 0.4) is 0 Å². The second-order valence-corrected chi connectivity index (χ2v) is 6.58. The van der Waals surface area contributed by atoms with Crippen LogP contribution in [-0.2, 0) is 27.2 Å². The van der Waals surface area contributed by atoms with E-state index in [9.17, 15) is 0 Å². The molecule has 0 aliphatic carbocycles. The minimum absolute atomic E-state index is 0. The zero-order valence-corrected chi connectivity index (χ0v) is 17.7. The number of unbranched alkanes of at least 4 members (excludes halogenated alkanes) is 15. The molecule has 0 amide bonds. The molecule has 0 unspecified atom stereocenters. The topological polar surface area (TPSA) is 66.1 Å². The van der Waals surface area contributed by atoms with E-state index in [2.05, 4.69) is 6.92 Å². The molecular formula is C20H42AgNO2. The maximum atomic E-state index is 8.89. The molecule has 2 N–H and O–H groups in total. The van der Waals surface area contributed by atoms with Crippen molar-refractivity contribution in [2.45, 2.75) is 117 Å². The third kappa shape index (κ3) is 38.0. The van der Waals surface area contributed by atoms with Gasteiger partial charge in [-0.15, -0.1) is 0 Å². The van der Waals surface area contributed by atoms with Crippen LogP contribution in [0.1, 0.15) is 117 Å². The fraction of sp³-hybridized carbons (Fsp3) is 0.950. The van der Waals surface area contributed by atoms with Crippen LogP contribution in [0.5, 0.6) is 0 Å². The van der Waals surface area contributed by atoms with Crippen LogP contribution >= 0.6 is 0 Å². The Morgan fingerprint density at radius 2 is 0.875 bits per heavy atom. The van der Waals surface area contributed by atoms with E-state index in [1.54, 1.807) is 0 Å². The Hall–Kier alpha value is 0.170. The third-order valence-corrected chi connectivity index (χ3v) is 4.06. The van der Waals surface area contributed by atoms with Gasteiger partial charge >= 0.3 is 22.4 Å². The van der Waals surface area contributed by atoms with Gasteiger partial charge in [-0.3, -0.25) is 0 Å². The Morgan fingerprint density at radius 3 is 1.08 bits per heavy atom. The van der Waals surface area contributed by atoms with Crippen molar-refractivity contribution >= 4 is 5.97 Å². The molecule has 0 bridgehead atoms. The van der Waals surface area contributed by atoms with E-state index < -0.39 is 5.97 Å². The summed E-state index contributed by atoms with van der Waals surface area (Å²) < 4.78 is 0. The molecule has 0 aromatic rings. The number of rotatable bonds is 16. The second-order valence-electron chi connectivity index (χ2n) is 6.58. The van der Waals surface area contributed by atoms with Gasteiger partial charge in [-0.25, -0.2) is 0 Å². The molecule has 0 saturated carbocycles. The number of hydrogen-bond donors (Lipinski definition) is 1. The number of aliphatic carboxylic acids is 1. The van der Waals surface area contributed by atoms with Gasteiger partial charge in [0.2, 0.25) is 0 Å². The van der Waals surface area contributed by atoms with Crippen molar-refractivity contribution in [1.82, 2.24) is 0 Å². The first-order valence-corrected chi connectivity index (χ1v) is 10.0. The molecule has 0 spiro atoms. The minimum Gasteiger partial charge on any atom is -0.550 e. The molecule has 0 saturated heterocycles. The Kier molecular flexibility index (Phi) is 33.8. The van der Waals surface area contributed by atoms with Gasteiger partial charge in [-0.1, -0.05) is 103 Å². The molecule has 0 aromatic heterocycles. The van der Waals surface area contributed by atoms with Crippen LogP contribution in [0.4, 0.5) is 0 Å². The van der Waals surface area contributed by atoms with E-state index in [0.29, 0.717) is 0 Å². The van der Waals surface area contributed by atoms with Crippen molar-refractivity contribution in [3.05, 3.63) is 0 Å². The second kappa shape index (κ2) is 28.0. The Balaban J connectivity index is -0.000000787. The summed E-state index contributed by atoms with van der Waals surface area (Å²) in [6.45, 7) is 4.14. The van der Waals surface area contributed by atoms with Crippen molar-refractivity contribution in [3.63, 3.8) is 0 Å². The van der Waals surface area contributed by atoms with Crippen molar-refractivity contribution in [2.24, 2.45) is 5.73 Å². The number of carbonyl (C=O) groups excluding carboxylic acids is 1. The Morgan fingerprint density at radius 1 is 0.667 bits per heavy atom. The SMILES string of the molecule is CC(=O)[O-].CCCCCCCCCCCCCCCCCCN.[Ag+]. The van der Waals surface area contributed by atoms with Gasteiger partial charge in [0.1, 0.15) is 0 Å². The summed E-state index contributed by atoms with van der Waals surface area (Å²) in [4.78, 5) is 8.89. The standard InChI is InChI=1S/C18H39N.C2H4O2.Ag/c1-2-3-4-5-6-7-8-9-10-11-12-13-14-15-16-17-18-19;1-2(3)4;/h2-19H2,1H3;1H3,(H,3,4);/q;;+1/p-1. The zero-order chi connectivity index (χ0) is 17.6. The summed E-state index contributed by atoms with van der Waals surface area (Å²) in [5.41, 5.74) is 5.48. The fourth-order valence-corrected chi connectivity index (χ4v) is 2.69. The molecule has 0 radical (unpaired) electrons. The molecule has 0 atom stereocenters. The van der Waals surface area contributed by atoms with E-state index in [1.807, 2.05) is 0 Å². The van der Waals surface area contributed by atoms with Crippen molar-refractivity contribution in [3.8, 4) is 0 Å². The molecule has 3 nitrogen and oxygen atoms in total. The molecule has 0 heterocycles. The quantitative estimate of drug-likeness (QED) is 0.275. The number of carbonyl (C=O) groups is 1. The first-order chi connectivity index (χ1) is 11.1. The van der Waals surface area contributed by atoms with E-state index >= 15 is 0 Å². The number of carboxylic acids is 1. The van der Waals surface area contributed by atoms with E-state index in [0.717, 1.165) is 13.5 Å². The maximum Gasteiger partial charge on any atom is 1.00 e. The predicted molar refractivity (Wildman–Crippen MR) is 99.3 cm³/mol. The minimum atomic E-state index is -1.08. The molecular weight excluding hydrogens is 394 g/mol. The van der Waals surface area contributed by atoms with Gasteiger partial charge < -0.3 is 15.6 Å². The molecule has 0 aliphatic rings. The predicted octanol–water partition coefficient (Wildman–Crippen LogP) is 4.96. The first-order valence-electron chi connectivity index (χ1n) is 10.0. The summed E-state index contributed by atoms with van der Waals surface area (Å²) in [5.74, 6) is -1.08. The molecule has 0 rings (SSSR count). The largest absolute Gasteiger partial charge is 1.00 e. The number of hydrogen-bond acceptors (Lipinski definition) is 3. The molecule has 0 fully saturated rings. The Bertz CT molecular complexity index is 206. The van der Waals surface area contributed by atoms with Crippen LogP contribution in [0.25, 0.3) is 0 Å². The first kappa shape index (κ1) is 29.0. The zero-order valence-electron chi connectivity index (χ0n) is 16.2. The van der Waals surface area contributed by atoms with Crippen molar-refractivity contribution in [2.75, 3.05) is 6.54 Å². The van der Waals surface area contributed by atoms with Crippen LogP contribution in [-0.4, -0.2) is 12.5 Å². The smallest absolute Gasteiger partial charge is 0.550 e. The summed E-state index contributed by atoms with van der Waals surface area (Å²) in [6.07, 6.45) is 22.9. The van der Waals surface area contributed by atoms with Crippen LogP contribution in [0, 0.1) is 0 Å². The Labute approximate surface area is 167 Å². The summed E-state index contributed by atoms with van der Waals surface area (Å²) in [7, 11) is 0. The fourth-order valence-electron chi connectivity index (χ4n) is 2.69. The van der Waals surface area contributed by atoms with E-state index in [-0.39, 0.29) is 22.4 Å². The van der Waals surface area contributed by atoms with Crippen LogP contribution in [0.2, 0.25) is 0 Å². The van der Waals surface area contributed by atoms with Gasteiger partial charge in [0.15, 0.2) is 0 Å². The third-order valence-electron chi connectivity index (χ3n) is 4.06. The normalized spacial score (nSPS) is 9.79. The molecule has 4 heteroatoms. The van der Waals surface area contributed by atoms with Gasteiger partial charge in [-0.2, -0.15) is 0 Å². The molecule has 0 aliphatic heterocycles. The average molecular weight is 436 g/mol. The average Bonchev–Trinajstić information content (AvgIpc) is 2.50. The van der Waals surface area contributed by atoms with Crippen molar-refractivity contribution in [1.29, 1.82) is 0 Å².